The SMILES string of the molecule is C1NC2CC1C2.CC(C)(O)/C(N)=C/NN.Cc1nc2c(F)c(-c3cccc(Cl)c3Cl)c(CCC#N)cc2c2[nH]c(C3CCCN3C(=O)C3CC3)cc12. The predicted octanol–water partition coefficient (Wildman–Crippen LogP) is 7.06. The van der Waals surface area contributed by atoms with E-state index in [0.29, 0.717) is 44.9 Å². The van der Waals surface area contributed by atoms with Gasteiger partial charge in [-0.25, -0.2) is 9.37 Å². The first-order valence-electron chi connectivity index (χ1n) is 18.0. The van der Waals surface area contributed by atoms with Crippen LogP contribution in [0.2, 0.25) is 10.0 Å². The number of likely N-dealkylation sites (tertiary alicyclic amines) is 1. The van der Waals surface area contributed by atoms with Gasteiger partial charge in [0.25, 0.3) is 0 Å². The van der Waals surface area contributed by atoms with Crippen LogP contribution in [0.5, 0.6) is 0 Å². The highest BCUT2D eigenvalue weighted by Crippen LogP contribution is 2.43. The van der Waals surface area contributed by atoms with Gasteiger partial charge in [-0.15, -0.1) is 0 Å². The lowest BCUT2D eigenvalue weighted by atomic mass is 9.87. The van der Waals surface area contributed by atoms with Gasteiger partial charge in [0.2, 0.25) is 5.91 Å². The molecule has 8 N–H and O–H groups in total. The molecule has 3 saturated heterocycles. The van der Waals surface area contributed by atoms with Crippen LogP contribution in [0.1, 0.15) is 81.8 Å². The van der Waals surface area contributed by atoms with E-state index in [1.165, 1.54) is 25.6 Å². The summed E-state index contributed by atoms with van der Waals surface area (Å²) in [7, 11) is 0. The zero-order valence-electron chi connectivity index (χ0n) is 29.8. The van der Waals surface area contributed by atoms with Crippen LogP contribution < -0.4 is 22.3 Å². The predicted molar refractivity (Wildman–Crippen MR) is 205 cm³/mol. The zero-order chi connectivity index (χ0) is 37.3. The first kappa shape index (κ1) is 37.8. The highest BCUT2D eigenvalue weighted by atomic mass is 35.5. The quantitative estimate of drug-likeness (QED) is 0.0863. The lowest BCUT2D eigenvalue weighted by Gasteiger charge is -2.24. The van der Waals surface area contributed by atoms with Crippen LogP contribution in [-0.4, -0.2) is 50.6 Å². The van der Waals surface area contributed by atoms with Gasteiger partial charge in [0.1, 0.15) is 5.52 Å². The number of nitriles is 1. The standard InChI is InChI=1S/C29H25Cl2FN4O.C5H13N3O.C5H9N/c1-15-19-14-22(23-8-4-12-36(23)29(37)16-9-10-16)35-27(19)20-13-17(5-3-11-33)24(26(32)28(20)34-15)18-6-2-7-21(30)25(18)31;1-5(2,9)4(6)3-8-7;1-4-2-5(1)6-3-4/h2,6-7,13-14,16,23,35H,3-5,8-10,12H2,1H3;3,8-9H,6-7H2,1-2H3;4-6H,1-3H2/b;4-3-;. The van der Waals surface area contributed by atoms with E-state index in [4.69, 9.17) is 39.9 Å². The van der Waals surface area contributed by atoms with Gasteiger partial charge >= 0.3 is 0 Å². The Kier molecular flexibility index (Phi) is 11.3. The molecule has 1 amide bonds. The van der Waals surface area contributed by atoms with Crippen molar-refractivity contribution in [3.8, 4) is 17.2 Å². The number of pyridine rings is 1. The van der Waals surface area contributed by atoms with E-state index in [1.54, 1.807) is 32.0 Å². The van der Waals surface area contributed by atoms with E-state index in [9.17, 15) is 10.1 Å². The van der Waals surface area contributed by atoms with E-state index in [2.05, 4.69) is 32.8 Å². The molecule has 2 aliphatic carbocycles. The number of aryl methyl sites for hydroxylation is 2. The van der Waals surface area contributed by atoms with Gasteiger partial charge in [-0.2, -0.15) is 5.26 Å². The Morgan fingerprint density at radius 1 is 1.23 bits per heavy atom. The van der Waals surface area contributed by atoms with Crippen molar-refractivity contribution >= 4 is 50.9 Å². The van der Waals surface area contributed by atoms with Crippen molar-refractivity contribution in [3.63, 3.8) is 0 Å². The fourth-order valence-electron chi connectivity index (χ4n) is 7.34. The Morgan fingerprint density at radius 3 is 2.56 bits per heavy atom. The normalized spacial score (nSPS) is 20.9. The van der Waals surface area contributed by atoms with Gasteiger partial charge in [-0.05, 0) is 102 Å². The van der Waals surface area contributed by atoms with Crippen LogP contribution in [0, 0.1) is 35.9 Å². The van der Waals surface area contributed by atoms with Crippen molar-refractivity contribution < 1.29 is 14.3 Å². The van der Waals surface area contributed by atoms with Gasteiger partial charge in [-0.3, -0.25) is 10.6 Å². The lowest BCUT2D eigenvalue weighted by Crippen LogP contribution is -2.31. The molecule has 2 aromatic carbocycles. The molecule has 52 heavy (non-hydrogen) atoms. The van der Waals surface area contributed by atoms with Crippen molar-refractivity contribution in [2.24, 2.45) is 23.4 Å². The molecule has 5 heterocycles. The number of nitrogens with zero attached hydrogens (tertiary/aromatic N) is 3. The van der Waals surface area contributed by atoms with Crippen LogP contribution in [0.25, 0.3) is 32.9 Å². The number of fused-ring (bicyclic) bond motifs is 4. The van der Waals surface area contributed by atoms with Gasteiger partial charge in [0.15, 0.2) is 5.82 Å². The molecule has 2 saturated carbocycles. The number of H-pyrrole nitrogens is 1. The van der Waals surface area contributed by atoms with Crippen molar-refractivity contribution in [2.45, 2.75) is 89.8 Å². The van der Waals surface area contributed by atoms with Gasteiger partial charge in [0.05, 0.1) is 39.0 Å². The Hall–Kier alpha value is -3.92. The van der Waals surface area contributed by atoms with Crippen LogP contribution in [0.4, 0.5) is 4.39 Å². The molecule has 5 aliphatic rings. The molecule has 0 spiro atoms. The Balaban J connectivity index is 0.000000256. The number of nitrogens with two attached hydrogens (primary N) is 2. The average molecular weight is 750 g/mol. The van der Waals surface area contributed by atoms with E-state index >= 15 is 4.39 Å². The minimum absolute atomic E-state index is 0.0117. The molecule has 276 valence electrons. The fourth-order valence-corrected chi connectivity index (χ4v) is 7.73. The van der Waals surface area contributed by atoms with Crippen molar-refractivity contribution in [1.82, 2.24) is 25.6 Å². The monoisotopic (exact) mass is 748 g/mol. The smallest absolute Gasteiger partial charge is 0.226 e. The van der Waals surface area contributed by atoms with E-state index in [-0.39, 0.29) is 34.8 Å². The Labute approximate surface area is 313 Å². The summed E-state index contributed by atoms with van der Waals surface area (Å²) in [5.41, 5.74) is 11.0. The first-order chi connectivity index (χ1) is 24.8. The number of aromatic nitrogens is 2. The summed E-state index contributed by atoms with van der Waals surface area (Å²) >= 11 is 12.8. The average Bonchev–Trinajstić information content (AvgIpc) is 3.50. The van der Waals surface area contributed by atoms with Gasteiger partial charge < -0.3 is 31.5 Å². The summed E-state index contributed by atoms with van der Waals surface area (Å²) < 4.78 is 16.3. The first-order valence-corrected chi connectivity index (χ1v) is 18.7. The summed E-state index contributed by atoms with van der Waals surface area (Å²) in [6.07, 6.45) is 8.70. The molecule has 2 bridgehead atoms. The summed E-state index contributed by atoms with van der Waals surface area (Å²) in [5.74, 6) is 5.92. The highest BCUT2D eigenvalue weighted by Gasteiger charge is 2.39. The summed E-state index contributed by atoms with van der Waals surface area (Å²) in [6.45, 7) is 7.11. The highest BCUT2D eigenvalue weighted by molar-refractivity contribution is 6.43. The lowest BCUT2D eigenvalue weighted by molar-refractivity contribution is -0.133. The number of nitrogens with one attached hydrogen (secondary N) is 3. The second-order valence-corrected chi connectivity index (χ2v) is 15.6. The molecule has 4 aromatic rings. The molecule has 1 atom stereocenters. The summed E-state index contributed by atoms with van der Waals surface area (Å²) in [4.78, 5) is 23.1. The summed E-state index contributed by atoms with van der Waals surface area (Å²) in [5, 5.41) is 24.0. The molecule has 1 unspecified atom stereocenters. The van der Waals surface area contributed by atoms with Crippen LogP contribution >= 0.6 is 23.2 Å². The topological polar surface area (TPSA) is 169 Å². The molecular formula is C39H47Cl2FN8O2. The number of carbonyl (C=O) groups is 1. The molecule has 9 rings (SSSR count). The number of rotatable bonds is 7. The second kappa shape index (κ2) is 15.6. The number of halogens is 3. The number of carbonyl (C=O) groups excluding carboxylic acids is 1. The van der Waals surface area contributed by atoms with Crippen molar-refractivity contribution in [3.05, 3.63) is 75.0 Å². The Morgan fingerprint density at radius 2 is 1.98 bits per heavy atom. The minimum atomic E-state index is -0.994. The number of amides is 1. The maximum absolute atomic E-state index is 16.3. The molecule has 0 radical (unpaired) electrons. The summed E-state index contributed by atoms with van der Waals surface area (Å²) in [6, 6.07) is 12.2. The molecule has 3 aliphatic heterocycles. The van der Waals surface area contributed by atoms with E-state index in [0.717, 1.165) is 60.8 Å². The van der Waals surface area contributed by atoms with Gasteiger partial charge in [-0.1, -0.05) is 35.3 Å². The third-order valence-electron chi connectivity index (χ3n) is 10.5. The third-order valence-corrected chi connectivity index (χ3v) is 11.3. The van der Waals surface area contributed by atoms with E-state index < -0.39 is 11.4 Å². The Bertz CT molecular complexity index is 2030. The molecular weight excluding hydrogens is 702 g/mol. The number of aliphatic hydroxyl groups is 1. The number of benzene rings is 2. The van der Waals surface area contributed by atoms with Crippen molar-refractivity contribution in [2.75, 3.05) is 13.1 Å². The van der Waals surface area contributed by atoms with Gasteiger partial charge in [0, 0.05) is 64.4 Å². The third kappa shape index (κ3) is 7.87. The number of aromatic amines is 1. The van der Waals surface area contributed by atoms with Crippen molar-refractivity contribution in [1.29, 1.82) is 5.26 Å². The molecule has 10 nitrogen and oxygen atoms in total. The molecule has 5 fully saturated rings. The van der Waals surface area contributed by atoms with Crippen LogP contribution in [0.15, 0.2) is 42.2 Å². The van der Waals surface area contributed by atoms with E-state index in [1.807, 2.05) is 17.9 Å². The maximum Gasteiger partial charge on any atom is 0.226 e. The fraction of sp³-hybridized carbons (Fsp3) is 0.462. The number of hydrazine groups is 1. The zero-order valence-corrected chi connectivity index (χ0v) is 31.3. The second-order valence-electron chi connectivity index (χ2n) is 14.8. The number of hydrogen-bond acceptors (Lipinski definition) is 8. The van der Waals surface area contributed by atoms with Crippen LogP contribution in [0.3, 0.4) is 0 Å². The minimum Gasteiger partial charge on any atom is -0.398 e. The molecule has 13 heteroatoms. The molecule has 2 aromatic heterocycles. The maximum atomic E-state index is 16.3. The van der Waals surface area contributed by atoms with Crippen LogP contribution in [-0.2, 0) is 11.2 Å². The largest absolute Gasteiger partial charge is 0.398 e. The number of hydrogen-bond donors (Lipinski definition) is 6.